The first kappa shape index (κ1) is 26.9. The van der Waals surface area contributed by atoms with Crippen LogP contribution in [-0.2, 0) is 27.2 Å². The van der Waals surface area contributed by atoms with Gasteiger partial charge >= 0.3 is 6.09 Å². The van der Waals surface area contributed by atoms with Crippen LogP contribution in [0.15, 0.2) is 30.7 Å². The zero-order valence-corrected chi connectivity index (χ0v) is 20.9. The maximum Gasteiger partial charge on any atom is 0.412 e. The summed E-state index contributed by atoms with van der Waals surface area (Å²) in [5.74, 6) is -1.81. The molecule has 0 aliphatic carbocycles. The molecule has 2 aliphatic heterocycles. The molecule has 2 aliphatic rings. The summed E-state index contributed by atoms with van der Waals surface area (Å²) in [5.41, 5.74) is 3.40. The number of nitriles is 1. The molecule has 3 heterocycles. The highest BCUT2D eigenvalue weighted by Gasteiger charge is 2.47. The summed E-state index contributed by atoms with van der Waals surface area (Å²) in [6.45, 7) is 1.83. The van der Waals surface area contributed by atoms with Crippen molar-refractivity contribution in [3.63, 3.8) is 0 Å². The zero-order chi connectivity index (χ0) is 27.7. The van der Waals surface area contributed by atoms with Crippen molar-refractivity contribution in [1.82, 2.24) is 14.7 Å². The first-order valence-electron chi connectivity index (χ1n) is 11.9. The van der Waals surface area contributed by atoms with Crippen molar-refractivity contribution in [3.05, 3.63) is 53.2 Å². The van der Waals surface area contributed by atoms with Gasteiger partial charge in [0.05, 0.1) is 25.9 Å². The highest BCUT2D eigenvalue weighted by molar-refractivity contribution is 6.00. The number of methoxy groups -OCH3 is 1. The molecule has 11 nitrogen and oxygen atoms in total. The number of likely N-dealkylation sites (tertiary alicyclic amines) is 1. The number of carbonyl (C=O) groups excluding carboxylic acids is 2. The lowest BCUT2D eigenvalue weighted by Crippen LogP contribution is -2.54. The molecule has 0 saturated carbocycles. The van der Waals surface area contributed by atoms with Gasteiger partial charge in [0.2, 0.25) is 0 Å². The van der Waals surface area contributed by atoms with E-state index in [-0.39, 0.29) is 55.2 Å². The maximum atomic E-state index is 15.8. The van der Waals surface area contributed by atoms with Crippen LogP contribution in [0.1, 0.15) is 47.7 Å². The average molecular weight is 531 g/mol. The molecule has 38 heavy (non-hydrogen) atoms. The van der Waals surface area contributed by atoms with E-state index in [0.29, 0.717) is 12.0 Å². The van der Waals surface area contributed by atoms with Gasteiger partial charge in [-0.1, -0.05) is 0 Å². The minimum Gasteiger partial charge on any atom is -0.508 e. The molecule has 3 unspecified atom stereocenters. The van der Waals surface area contributed by atoms with Crippen LogP contribution in [0, 0.1) is 17.1 Å². The first-order valence-corrected chi connectivity index (χ1v) is 11.9. The number of piperidine rings is 1. The number of rotatable bonds is 7. The highest BCUT2D eigenvalue weighted by Crippen LogP contribution is 2.41. The molecule has 1 fully saturated rings. The Labute approximate surface area is 217 Å². The largest absolute Gasteiger partial charge is 0.508 e. The van der Waals surface area contributed by atoms with Gasteiger partial charge in [-0.3, -0.25) is 19.7 Å². The fourth-order valence-electron chi connectivity index (χ4n) is 4.92. The van der Waals surface area contributed by atoms with E-state index in [1.165, 1.54) is 24.6 Å². The monoisotopic (exact) mass is 530 g/mol. The Morgan fingerprint density at radius 1 is 1.45 bits per heavy atom. The number of phenols is 1. The van der Waals surface area contributed by atoms with Crippen LogP contribution >= 0.6 is 0 Å². The number of nitrogens with one attached hydrogen (secondary N) is 1. The number of phenolic OH excluding ortho intramolecular Hbond substituents is 1. The van der Waals surface area contributed by atoms with Crippen LogP contribution < -0.4 is 11.1 Å². The number of anilines is 1. The number of primary amides is 1. The Hall–Kier alpha value is -4.18. The fourth-order valence-corrected chi connectivity index (χ4v) is 4.92. The van der Waals surface area contributed by atoms with E-state index in [1.54, 1.807) is 17.9 Å². The third-order valence-corrected chi connectivity index (χ3v) is 7.15. The number of amides is 2. The third-order valence-electron chi connectivity index (χ3n) is 7.15. The normalized spacial score (nSPS) is 25.0. The summed E-state index contributed by atoms with van der Waals surface area (Å²) < 4.78 is 42.1. The van der Waals surface area contributed by atoms with Crippen molar-refractivity contribution < 1.29 is 33.0 Å². The molecule has 2 amide bonds. The molecule has 202 valence electrons. The Kier molecular flexibility index (Phi) is 7.28. The number of hydrogen-bond donors (Lipinski definition) is 3. The average Bonchev–Trinajstić information content (AvgIpc) is 3.50. The summed E-state index contributed by atoms with van der Waals surface area (Å²) in [5, 5.41) is 26.5. The molecular weight excluding hydrogens is 502 g/mol. The van der Waals surface area contributed by atoms with Crippen LogP contribution in [0.4, 0.5) is 19.4 Å². The van der Waals surface area contributed by atoms with Gasteiger partial charge in [-0.25, -0.2) is 13.6 Å². The predicted octanol–water partition coefficient (Wildman–Crippen LogP) is 3.01. The van der Waals surface area contributed by atoms with Crippen molar-refractivity contribution in [1.29, 1.82) is 5.26 Å². The summed E-state index contributed by atoms with van der Waals surface area (Å²) in [7, 11) is 1.12. The second-order valence-electron chi connectivity index (χ2n) is 9.59. The predicted molar refractivity (Wildman–Crippen MR) is 130 cm³/mol. The van der Waals surface area contributed by atoms with Crippen molar-refractivity contribution in [2.75, 3.05) is 25.5 Å². The lowest BCUT2D eigenvalue weighted by Gasteiger charge is -2.43. The molecule has 4 N–H and O–H groups in total. The van der Waals surface area contributed by atoms with E-state index in [9.17, 15) is 20.0 Å². The Bertz CT molecular complexity index is 1310. The van der Waals surface area contributed by atoms with Gasteiger partial charge in [0, 0.05) is 43.4 Å². The van der Waals surface area contributed by atoms with Crippen LogP contribution in [-0.4, -0.2) is 58.2 Å². The van der Waals surface area contributed by atoms with E-state index in [4.69, 9.17) is 10.5 Å². The van der Waals surface area contributed by atoms with Crippen LogP contribution in [0.3, 0.4) is 0 Å². The molecule has 1 saturated heterocycles. The summed E-state index contributed by atoms with van der Waals surface area (Å²) in [4.78, 5) is 25.2. The van der Waals surface area contributed by atoms with E-state index in [0.717, 1.165) is 11.8 Å². The molecule has 0 bridgehead atoms. The number of aromatic nitrogens is 2. The molecule has 0 spiro atoms. The second-order valence-corrected chi connectivity index (χ2v) is 9.59. The maximum absolute atomic E-state index is 15.8. The van der Waals surface area contributed by atoms with Gasteiger partial charge in [-0.2, -0.15) is 10.4 Å². The number of nitrogens with two attached hydrogens (primary N) is 1. The number of alkyl halides is 1. The molecule has 2 aromatic rings. The van der Waals surface area contributed by atoms with E-state index in [2.05, 4.69) is 15.2 Å². The number of carbonyl (C=O) groups is 2. The Balaban J connectivity index is 1.56. The van der Waals surface area contributed by atoms with E-state index < -0.39 is 35.1 Å². The Morgan fingerprint density at radius 3 is 2.82 bits per heavy atom. The Morgan fingerprint density at radius 2 is 2.21 bits per heavy atom. The van der Waals surface area contributed by atoms with E-state index >= 15 is 8.78 Å². The van der Waals surface area contributed by atoms with Gasteiger partial charge in [0.15, 0.2) is 5.82 Å². The second kappa shape index (κ2) is 10.3. The zero-order valence-electron chi connectivity index (χ0n) is 20.9. The van der Waals surface area contributed by atoms with Crippen molar-refractivity contribution >= 4 is 17.8 Å². The van der Waals surface area contributed by atoms with Gasteiger partial charge in [0.1, 0.15) is 34.4 Å². The number of nitrogens with zero attached hydrogens (tertiary/aromatic N) is 4. The van der Waals surface area contributed by atoms with E-state index in [1.807, 2.05) is 6.07 Å². The number of hydrogen-bond acceptors (Lipinski definition) is 8. The molecule has 3 atom stereocenters. The number of aromatic hydroxyl groups is 1. The van der Waals surface area contributed by atoms with Crippen molar-refractivity contribution in [2.45, 2.75) is 50.0 Å². The number of benzene rings is 1. The minimum absolute atomic E-state index is 0.0132. The number of halogens is 2. The lowest BCUT2D eigenvalue weighted by atomic mass is 9.83. The molecule has 4 rings (SSSR count). The van der Waals surface area contributed by atoms with Crippen LogP contribution in [0.25, 0.3) is 0 Å². The summed E-state index contributed by atoms with van der Waals surface area (Å²) >= 11 is 0. The summed E-state index contributed by atoms with van der Waals surface area (Å²) in [6, 6.07) is 4.53. The first-order chi connectivity index (χ1) is 18.0. The molecule has 0 radical (unpaired) electrons. The molecular formula is C25H28F2N6O5. The summed E-state index contributed by atoms with van der Waals surface area (Å²) in [6.07, 6.45) is 2.22. The van der Waals surface area contributed by atoms with Gasteiger partial charge in [0.25, 0.3) is 5.91 Å². The van der Waals surface area contributed by atoms with Gasteiger partial charge in [-0.05, 0) is 31.6 Å². The highest BCUT2D eigenvalue weighted by atomic mass is 19.1. The SMILES string of the molecule is COC(=O)Nc1nn(C2(CC#N)CCN(Cc3cc(O)c(C4(C)CC=CO4)cc3F)CC2F)cc1C(N)=O. The molecule has 1 aromatic heterocycles. The van der Waals surface area contributed by atoms with Gasteiger partial charge in [-0.15, -0.1) is 0 Å². The third kappa shape index (κ3) is 4.87. The van der Waals surface area contributed by atoms with Gasteiger partial charge < -0.3 is 20.3 Å². The quantitative estimate of drug-likeness (QED) is 0.493. The fraction of sp³-hybridized carbons (Fsp3) is 0.440. The smallest absolute Gasteiger partial charge is 0.412 e. The van der Waals surface area contributed by atoms with Crippen LogP contribution in [0.2, 0.25) is 0 Å². The topological polar surface area (TPSA) is 156 Å². The standard InChI is InChI=1S/C25H28F2N6O5/c1-24(4-3-9-38-24)17-11-18(26)15(10-19(17)34)12-32-8-6-25(5-7-28,20(27)14-32)33-13-16(21(29)35)22(31-33)30-23(36)37-2/h3,9-11,13,20,34H,4-6,8,12,14H2,1-2H3,(H2,29,35)(H,30,31,36). The van der Waals surface area contributed by atoms with Crippen molar-refractivity contribution in [2.24, 2.45) is 5.73 Å². The van der Waals surface area contributed by atoms with Crippen LogP contribution in [0.5, 0.6) is 5.75 Å². The minimum atomic E-state index is -1.66. The molecule has 13 heteroatoms. The number of ether oxygens (including phenoxy) is 2. The van der Waals surface area contributed by atoms with Crippen molar-refractivity contribution in [3.8, 4) is 11.8 Å². The molecule has 1 aromatic carbocycles. The lowest BCUT2D eigenvalue weighted by molar-refractivity contribution is 0.00653.